The number of thiophene rings is 1. The highest BCUT2D eigenvalue weighted by molar-refractivity contribution is 7.84. The van der Waals surface area contributed by atoms with Crippen LogP contribution in [0.5, 0.6) is 0 Å². The molecule has 0 radical (unpaired) electrons. The summed E-state index contributed by atoms with van der Waals surface area (Å²) in [7, 11) is -4.15. The van der Waals surface area contributed by atoms with Gasteiger partial charge in [0, 0.05) is 39.2 Å². The number of aromatic nitrogens is 3. The number of hydrogen-bond acceptors (Lipinski definition) is 9. The van der Waals surface area contributed by atoms with Crippen molar-refractivity contribution in [3.63, 3.8) is 0 Å². The fourth-order valence-electron chi connectivity index (χ4n) is 4.14. The molecular formula is C20H20FN5O5S2. The van der Waals surface area contributed by atoms with Gasteiger partial charge in [0.2, 0.25) is 0 Å². The number of aliphatic hydroxyl groups excluding tert-OH is 2. The van der Waals surface area contributed by atoms with Crippen molar-refractivity contribution in [1.29, 1.82) is 0 Å². The molecule has 0 amide bonds. The third-order valence-corrected chi connectivity index (χ3v) is 7.18. The quantitative estimate of drug-likeness (QED) is 0.315. The molecule has 1 aromatic carbocycles. The molecule has 1 saturated carbocycles. The number of halogens is 1. The zero-order valence-electron chi connectivity index (χ0n) is 17.0. The van der Waals surface area contributed by atoms with E-state index in [1.807, 2.05) is 5.38 Å². The lowest BCUT2D eigenvalue weighted by molar-refractivity contribution is 0.00777. The van der Waals surface area contributed by atoms with Gasteiger partial charge < -0.3 is 15.5 Å². The van der Waals surface area contributed by atoms with Crippen LogP contribution in [0.2, 0.25) is 0 Å². The number of benzene rings is 1. The lowest BCUT2D eigenvalue weighted by atomic mass is 10.1. The summed E-state index contributed by atoms with van der Waals surface area (Å²) in [6.07, 6.45) is -0.541. The second-order valence-electron chi connectivity index (χ2n) is 7.92. The third-order valence-electron chi connectivity index (χ3n) is 5.75. The minimum Gasteiger partial charge on any atom is -0.390 e. The molecule has 0 spiro atoms. The molecule has 3 heterocycles. The van der Waals surface area contributed by atoms with Gasteiger partial charge in [0.1, 0.15) is 17.7 Å². The molecule has 10 nitrogen and oxygen atoms in total. The SMILES string of the molecule is NS(=O)(=O)OC[C@H]1C[C@@H](Nc2ccnc3cc(-c4csc5ccc(F)cc45)nn23)[C@H](O)[C@@H]1O. The van der Waals surface area contributed by atoms with Crippen molar-refractivity contribution in [3.05, 3.63) is 47.7 Å². The lowest BCUT2D eigenvalue weighted by Gasteiger charge is -2.19. The number of fused-ring (bicyclic) bond motifs is 2. The van der Waals surface area contributed by atoms with Crippen molar-refractivity contribution >= 4 is 43.2 Å². The van der Waals surface area contributed by atoms with Crippen molar-refractivity contribution < 1.29 is 27.2 Å². The summed E-state index contributed by atoms with van der Waals surface area (Å²) < 4.78 is 43.0. The van der Waals surface area contributed by atoms with Gasteiger partial charge in [-0.3, -0.25) is 4.18 Å². The molecule has 1 fully saturated rings. The Bertz CT molecular complexity index is 1440. The Morgan fingerprint density at radius 3 is 2.88 bits per heavy atom. The van der Waals surface area contributed by atoms with Crippen molar-refractivity contribution in [1.82, 2.24) is 14.6 Å². The van der Waals surface area contributed by atoms with Crippen molar-refractivity contribution in [3.8, 4) is 11.3 Å². The first-order valence-electron chi connectivity index (χ1n) is 10.0. The predicted molar refractivity (Wildman–Crippen MR) is 120 cm³/mol. The molecule has 5 N–H and O–H groups in total. The molecule has 3 aromatic heterocycles. The van der Waals surface area contributed by atoms with Gasteiger partial charge in [-0.2, -0.15) is 18.0 Å². The largest absolute Gasteiger partial charge is 0.390 e. The summed E-state index contributed by atoms with van der Waals surface area (Å²) in [4.78, 5) is 4.33. The Morgan fingerprint density at radius 2 is 2.09 bits per heavy atom. The minimum absolute atomic E-state index is 0.240. The fraction of sp³-hybridized carbons (Fsp3) is 0.300. The Morgan fingerprint density at radius 1 is 1.27 bits per heavy atom. The summed E-state index contributed by atoms with van der Waals surface area (Å²) in [5.41, 5.74) is 1.93. The van der Waals surface area contributed by atoms with E-state index in [-0.39, 0.29) is 18.8 Å². The molecule has 0 aliphatic heterocycles. The lowest BCUT2D eigenvalue weighted by Crippen LogP contribution is -2.36. The number of hydrogen-bond donors (Lipinski definition) is 4. The van der Waals surface area contributed by atoms with Crippen molar-refractivity contribution in [2.45, 2.75) is 24.7 Å². The number of anilines is 1. The second kappa shape index (κ2) is 8.27. The highest BCUT2D eigenvalue weighted by atomic mass is 32.2. The van der Waals surface area contributed by atoms with Gasteiger partial charge >= 0.3 is 10.3 Å². The van der Waals surface area contributed by atoms with Crippen molar-refractivity contribution in [2.75, 3.05) is 11.9 Å². The van der Waals surface area contributed by atoms with Crippen LogP contribution in [0.3, 0.4) is 0 Å². The average Bonchev–Trinajstić information content (AvgIpc) is 3.44. The van der Waals surface area contributed by atoms with Crippen LogP contribution in [0, 0.1) is 11.7 Å². The number of rotatable bonds is 6. The summed E-state index contributed by atoms with van der Waals surface area (Å²) in [6.45, 7) is -0.339. The molecular weight excluding hydrogens is 473 g/mol. The molecule has 5 rings (SSSR count). The highest BCUT2D eigenvalue weighted by Gasteiger charge is 2.42. The zero-order chi connectivity index (χ0) is 23.3. The van der Waals surface area contributed by atoms with Gasteiger partial charge in [0.25, 0.3) is 0 Å². The van der Waals surface area contributed by atoms with Crippen LogP contribution in [0.4, 0.5) is 10.2 Å². The molecule has 1 aliphatic carbocycles. The first-order valence-corrected chi connectivity index (χ1v) is 12.4. The Hall–Kier alpha value is -2.68. The monoisotopic (exact) mass is 493 g/mol. The normalized spacial score (nSPS) is 23.5. The fourth-order valence-corrected chi connectivity index (χ4v) is 5.44. The van der Waals surface area contributed by atoms with E-state index in [9.17, 15) is 23.0 Å². The van der Waals surface area contributed by atoms with Gasteiger partial charge in [-0.15, -0.1) is 11.3 Å². The topological polar surface area (TPSA) is 152 Å². The predicted octanol–water partition coefficient (Wildman–Crippen LogP) is 1.49. The van der Waals surface area contributed by atoms with E-state index in [0.717, 1.165) is 15.6 Å². The molecule has 0 saturated heterocycles. The molecule has 174 valence electrons. The van der Waals surface area contributed by atoms with E-state index in [4.69, 9.17) is 5.14 Å². The van der Waals surface area contributed by atoms with E-state index < -0.39 is 34.5 Å². The van der Waals surface area contributed by atoms with E-state index >= 15 is 0 Å². The maximum absolute atomic E-state index is 13.8. The summed E-state index contributed by atoms with van der Waals surface area (Å²) in [5, 5.41) is 36.0. The summed E-state index contributed by atoms with van der Waals surface area (Å²) >= 11 is 1.49. The Labute approximate surface area is 191 Å². The van der Waals surface area contributed by atoms with E-state index in [1.165, 1.54) is 23.5 Å². The number of nitrogens with zero attached hydrogens (tertiary/aromatic N) is 3. The number of aliphatic hydroxyl groups is 2. The maximum atomic E-state index is 13.8. The van der Waals surface area contributed by atoms with Crippen LogP contribution < -0.4 is 10.5 Å². The second-order valence-corrected chi connectivity index (χ2v) is 10.1. The first kappa shape index (κ1) is 22.1. The number of nitrogens with two attached hydrogens (primary N) is 1. The molecule has 4 aromatic rings. The zero-order valence-corrected chi connectivity index (χ0v) is 18.6. The minimum atomic E-state index is -4.15. The Kier molecular flexibility index (Phi) is 5.55. The summed E-state index contributed by atoms with van der Waals surface area (Å²) in [5.74, 6) is -0.448. The smallest absolute Gasteiger partial charge is 0.333 e. The van der Waals surface area contributed by atoms with Crippen LogP contribution in [0.25, 0.3) is 27.0 Å². The standard InChI is InChI=1S/C20H20FN5O5S2/c21-11-1-2-16-12(6-11)13(9-32-16)14-7-18-23-4-3-17(26(18)25-14)24-15-5-10(19(27)20(15)28)8-31-33(22,29)30/h1-4,6-7,9-10,15,19-20,24,27-28H,5,8H2,(H2,22,29,30)/t10-,15-,19-,20+/m1/s1. The van der Waals surface area contributed by atoms with Crippen LogP contribution in [-0.2, 0) is 14.5 Å². The molecule has 0 bridgehead atoms. The van der Waals surface area contributed by atoms with Crippen molar-refractivity contribution in [2.24, 2.45) is 11.1 Å². The molecule has 33 heavy (non-hydrogen) atoms. The molecule has 13 heteroatoms. The third kappa shape index (κ3) is 4.30. The maximum Gasteiger partial charge on any atom is 0.333 e. The van der Waals surface area contributed by atoms with Crippen LogP contribution in [0.15, 0.2) is 41.9 Å². The van der Waals surface area contributed by atoms with Gasteiger partial charge in [-0.1, -0.05) is 0 Å². The molecule has 1 aliphatic rings. The average molecular weight is 494 g/mol. The molecule has 4 atom stereocenters. The number of nitrogens with one attached hydrogen (secondary N) is 1. The van der Waals surface area contributed by atoms with Crippen LogP contribution in [0.1, 0.15) is 6.42 Å². The first-order chi connectivity index (χ1) is 15.7. The van der Waals surface area contributed by atoms with Gasteiger partial charge in [-0.25, -0.2) is 14.5 Å². The van der Waals surface area contributed by atoms with Crippen LogP contribution in [-0.4, -0.2) is 58.1 Å². The van der Waals surface area contributed by atoms with Gasteiger partial charge in [0.05, 0.1) is 24.4 Å². The van der Waals surface area contributed by atoms with E-state index in [1.54, 1.807) is 28.9 Å². The summed E-state index contributed by atoms with van der Waals surface area (Å²) in [6, 6.07) is 7.46. The van der Waals surface area contributed by atoms with Crippen LogP contribution >= 0.6 is 11.3 Å². The highest BCUT2D eigenvalue weighted by Crippen LogP contribution is 2.35. The Balaban J connectivity index is 1.43. The molecule has 0 unspecified atom stereocenters. The van der Waals surface area contributed by atoms with E-state index in [2.05, 4.69) is 19.6 Å². The van der Waals surface area contributed by atoms with Gasteiger partial charge in [0.15, 0.2) is 5.65 Å². The van der Waals surface area contributed by atoms with Gasteiger partial charge in [-0.05, 0) is 30.7 Å². The van der Waals surface area contributed by atoms with E-state index in [0.29, 0.717) is 17.2 Å².